The normalized spacial score (nSPS) is 13.6. The van der Waals surface area contributed by atoms with E-state index in [2.05, 4.69) is 127 Å². The van der Waals surface area contributed by atoms with E-state index >= 15 is 0 Å². The van der Waals surface area contributed by atoms with E-state index in [0.717, 1.165) is 107 Å². The highest BCUT2D eigenvalue weighted by molar-refractivity contribution is 6.05. The number of fused-ring (bicyclic) bond motifs is 2. The summed E-state index contributed by atoms with van der Waals surface area (Å²) in [6.45, 7) is 36.2. The average Bonchev–Trinajstić information content (AvgIpc) is 4.40. The Kier molecular flexibility index (Phi) is 30.0. The van der Waals surface area contributed by atoms with Crippen molar-refractivity contribution >= 4 is 11.4 Å². The Labute approximate surface area is 497 Å². The van der Waals surface area contributed by atoms with Gasteiger partial charge in [0.1, 0.15) is 53.1 Å². The molecule has 0 aliphatic carbocycles. The molecule has 0 aromatic carbocycles. The predicted molar refractivity (Wildman–Crippen MR) is 320 cm³/mol. The van der Waals surface area contributed by atoms with Crippen molar-refractivity contribution in [3.8, 4) is 0 Å². The molecule has 10 aromatic heterocycles. The van der Waals surface area contributed by atoms with Crippen molar-refractivity contribution in [1.29, 1.82) is 0 Å². The SMILES string of the molecule is CC1=NN=C(C)C1.Cc1cc(C)on1.Cc1ccnc(C)c1.Cc1cn(C)cn1.Cc1cn(C)nn1.Cc1n[nH]c(C)n1.Cc1nc2n(n1)CCO[C@@H]2C.Cc1nc2n(n1)[C@@H](C)CC2.Cc1ncn(C)n1.Cc1nnc(C)o1.Cc1nnn(C)n1. The van der Waals surface area contributed by atoms with Crippen LogP contribution in [-0.2, 0) is 45.9 Å². The number of aromatic amines is 1. The molecule has 13 heterocycles. The van der Waals surface area contributed by atoms with Gasteiger partial charge in [-0.2, -0.15) is 35.4 Å². The van der Waals surface area contributed by atoms with Crippen molar-refractivity contribution in [2.75, 3.05) is 6.61 Å². The zero-order chi connectivity index (χ0) is 63.2. The highest BCUT2D eigenvalue weighted by Gasteiger charge is 2.21. The smallest absolute Gasteiger partial charge is 0.213 e. The van der Waals surface area contributed by atoms with Crippen LogP contribution in [0.3, 0.4) is 0 Å². The number of tetrazole rings is 1. The van der Waals surface area contributed by atoms with Gasteiger partial charge in [0.2, 0.25) is 11.8 Å². The van der Waals surface area contributed by atoms with Crippen LogP contribution >= 0.6 is 0 Å². The van der Waals surface area contributed by atoms with E-state index in [1.54, 1.807) is 49.8 Å². The summed E-state index contributed by atoms with van der Waals surface area (Å²) in [7, 11) is 7.39. The number of nitrogens with zero attached hydrogens (tertiary/aromatic N) is 26. The first-order chi connectivity index (χ1) is 40.1. The molecule has 10 aromatic rings. The molecular weight excluding hydrogens is 1090 g/mol. The van der Waals surface area contributed by atoms with Crippen LogP contribution in [0.2, 0.25) is 0 Å². The molecule has 30 nitrogen and oxygen atoms in total. The van der Waals surface area contributed by atoms with E-state index in [-0.39, 0.29) is 6.10 Å². The lowest BCUT2D eigenvalue weighted by atomic mass is 10.2. The van der Waals surface area contributed by atoms with E-state index in [0.29, 0.717) is 23.6 Å². The largest absolute Gasteiger partial charge is 0.426 e. The lowest BCUT2D eigenvalue weighted by Gasteiger charge is -2.18. The summed E-state index contributed by atoms with van der Waals surface area (Å²) in [5.74, 6) is 9.17. The lowest BCUT2D eigenvalue weighted by molar-refractivity contribution is 0.0255. The standard InChI is InChI=1S/C7H11N3O.C7H11N3.C7H9N.2C5H8N2.C5H7NO.3C4H7N3.C4H6N2O.C3H6N4/c1-5-7-8-6(2)9-10(7)3-4-11-5;1-5-3-4-7-8-6(2)9-10(5)7;1-6-3-4-8-7(2)5-6;1-5-3-7(2)4-6-5;2*1-4-3-5(2)7-6-4;1-4-5-3-7(2)6-4;1-4-3-7(2)6-5-4;1-3-5-4(2)7-6-3;1-3-5-6-4(2)7-3;1-3-4-6-7(2)5-3/h5H,3-4H2,1-2H3;5H,3-4H2,1-2H3;3-5H,1-2H3;3-4H,1-2H3;3H2,1-2H3;3*3H,1-2H3;1-2H3,(H,5,6,7);2*1-2H3/t2*5-;;;;;;;;;/m10........./s1. The number of ether oxygens (including phenoxy) is 1. The quantitative estimate of drug-likeness (QED) is 0.153. The number of hydrogen-bond donors (Lipinski definition) is 1. The van der Waals surface area contributed by atoms with Crippen molar-refractivity contribution in [2.45, 2.75) is 163 Å². The Hall–Kier alpha value is -9.22. The van der Waals surface area contributed by atoms with Gasteiger partial charge < -0.3 is 18.2 Å². The van der Waals surface area contributed by atoms with Crippen LogP contribution < -0.4 is 0 Å². The number of H-pyrrole nitrogens is 1. The fourth-order valence-electron chi connectivity index (χ4n) is 7.26. The molecule has 2 atom stereocenters. The summed E-state index contributed by atoms with van der Waals surface area (Å²) in [6, 6.07) is 6.50. The van der Waals surface area contributed by atoms with Gasteiger partial charge in [0, 0.05) is 89.6 Å². The van der Waals surface area contributed by atoms with Crippen molar-refractivity contribution in [3.05, 3.63) is 142 Å². The molecule has 1 N–H and O–H groups in total. The number of hydrogen-bond acceptors (Lipinski definition) is 23. The molecule has 460 valence electrons. The number of rotatable bonds is 0. The molecule has 0 bridgehead atoms. The molecule has 30 heteroatoms. The average molecular weight is 1170 g/mol. The van der Waals surface area contributed by atoms with Gasteiger partial charge in [-0.1, -0.05) is 10.4 Å². The fraction of sp³-hybridized carbons (Fsp3) is 0.527. The van der Waals surface area contributed by atoms with Gasteiger partial charge in [-0.3, -0.25) is 19.4 Å². The minimum absolute atomic E-state index is 0.102. The first kappa shape index (κ1) is 70.0. The maximum absolute atomic E-state index is 5.39. The lowest BCUT2D eigenvalue weighted by Crippen LogP contribution is -2.20. The van der Waals surface area contributed by atoms with Crippen molar-refractivity contribution in [3.63, 3.8) is 0 Å². The summed E-state index contributed by atoms with van der Waals surface area (Å²) < 4.78 is 24.2. The van der Waals surface area contributed by atoms with Crippen LogP contribution in [0.5, 0.6) is 0 Å². The summed E-state index contributed by atoms with van der Waals surface area (Å²) in [4.78, 5) is 25.8. The molecule has 13 rings (SSSR count). The molecule has 0 spiro atoms. The monoisotopic (exact) mass is 1170 g/mol. The molecular formula is C55H87N27O3. The first-order valence-electron chi connectivity index (χ1n) is 27.4. The number of pyridine rings is 1. The second-order valence-corrected chi connectivity index (χ2v) is 19.9. The van der Waals surface area contributed by atoms with Crippen LogP contribution in [0.25, 0.3) is 0 Å². The van der Waals surface area contributed by atoms with Crippen molar-refractivity contribution in [1.82, 2.24) is 125 Å². The van der Waals surface area contributed by atoms with E-state index in [4.69, 9.17) is 13.7 Å². The van der Waals surface area contributed by atoms with Crippen LogP contribution in [0, 0.1) is 96.9 Å². The van der Waals surface area contributed by atoms with Crippen LogP contribution in [-0.4, -0.2) is 143 Å². The summed E-state index contributed by atoms with van der Waals surface area (Å²) in [5.41, 5.74) is 7.58. The Morgan fingerprint density at radius 1 is 0.588 bits per heavy atom. The maximum atomic E-state index is 5.39. The maximum Gasteiger partial charge on any atom is 0.213 e. The minimum Gasteiger partial charge on any atom is -0.426 e. The third kappa shape index (κ3) is 29.5. The summed E-state index contributed by atoms with van der Waals surface area (Å²) >= 11 is 0. The molecule has 3 aliphatic heterocycles. The third-order valence-electron chi connectivity index (χ3n) is 10.8. The van der Waals surface area contributed by atoms with Crippen molar-refractivity contribution < 1.29 is 13.7 Å². The molecule has 0 radical (unpaired) electrons. The molecule has 0 saturated carbocycles. The van der Waals surface area contributed by atoms with Gasteiger partial charge in [-0.15, -0.1) is 25.5 Å². The first-order valence-corrected chi connectivity index (χ1v) is 27.4. The van der Waals surface area contributed by atoms with Gasteiger partial charge in [0.15, 0.2) is 11.6 Å². The number of imidazole rings is 1. The van der Waals surface area contributed by atoms with E-state index in [1.807, 2.05) is 156 Å². The van der Waals surface area contributed by atoms with Gasteiger partial charge in [0.25, 0.3) is 0 Å². The second kappa shape index (κ2) is 36.4. The Bertz CT molecular complexity index is 2980. The van der Waals surface area contributed by atoms with Crippen LogP contribution in [0.15, 0.2) is 68.6 Å². The summed E-state index contributed by atoms with van der Waals surface area (Å²) in [5, 5.41) is 55.8. The predicted octanol–water partition coefficient (Wildman–Crippen LogP) is 7.59. The molecule has 0 saturated heterocycles. The third-order valence-corrected chi connectivity index (χ3v) is 10.8. The van der Waals surface area contributed by atoms with Crippen molar-refractivity contribution in [2.24, 2.45) is 38.4 Å². The zero-order valence-corrected chi connectivity index (χ0v) is 53.7. The number of aryl methyl sites for hydroxylation is 19. The molecule has 0 amide bonds. The van der Waals surface area contributed by atoms with Crippen LogP contribution in [0.4, 0.5) is 0 Å². The summed E-state index contributed by atoms with van der Waals surface area (Å²) in [6.07, 6.45) is 12.5. The zero-order valence-electron chi connectivity index (χ0n) is 53.7. The topological polar surface area (TPSA) is 338 Å². The highest BCUT2D eigenvalue weighted by Crippen LogP contribution is 2.22. The second-order valence-electron chi connectivity index (χ2n) is 19.9. The Morgan fingerprint density at radius 3 is 1.58 bits per heavy atom. The van der Waals surface area contributed by atoms with E-state index < -0.39 is 0 Å². The fourth-order valence-corrected chi connectivity index (χ4v) is 7.26. The number of aromatic nitrogens is 25. The van der Waals surface area contributed by atoms with Gasteiger partial charge in [0.05, 0.1) is 49.7 Å². The Morgan fingerprint density at radius 2 is 1.27 bits per heavy atom. The Balaban J connectivity index is 0.000000246. The van der Waals surface area contributed by atoms with Crippen LogP contribution in [0.1, 0.15) is 145 Å². The van der Waals surface area contributed by atoms with E-state index in [1.165, 1.54) is 16.8 Å². The van der Waals surface area contributed by atoms with E-state index in [9.17, 15) is 0 Å². The molecule has 3 aliphatic rings. The molecule has 85 heavy (non-hydrogen) atoms. The van der Waals surface area contributed by atoms with Gasteiger partial charge >= 0.3 is 0 Å². The van der Waals surface area contributed by atoms with Gasteiger partial charge in [-0.05, 0) is 140 Å². The number of nitrogens with one attached hydrogen (secondary N) is 1. The molecule has 0 fully saturated rings. The molecule has 0 unspecified atom stereocenters. The minimum atomic E-state index is 0.102. The van der Waals surface area contributed by atoms with Gasteiger partial charge in [-0.25, -0.2) is 34.3 Å². The highest BCUT2D eigenvalue weighted by atomic mass is 16.5.